The minimum absolute atomic E-state index is 0.0549. The summed E-state index contributed by atoms with van der Waals surface area (Å²) in [5.41, 5.74) is 6.01. The number of carbonyl (C=O) groups is 2. The summed E-state index contributed by atoms with van der Waals surface area (Å²) in [6, 6.07) is 12.8. The molecule has 1 aromatic heterocycles. The molecule has 3 rings (SSSR count). The third kappa shape index (κ3) is 4.47. The Kier molecular flexibility index (Phi) is 5.90. The van der Waals surface area contributed by atoms with Gasteiger partial charge in [-0.1, -0.05) is 17.7 Å². The number of methoxy groups -OCH3 is 1. The molecular formula is C19H16ClFN4O3. The van der Waals surface area contributed by atoms with Gasteiger partial charge in [-0.25, -0.2) is 4.39 Å². The zero-order valence-electron chi connectivity index (χ0n) is 14.8. The van der Waals surface area contributed by atoms with Gasteiger partial charge in [-0.2, -0.15) is 5.10 Å². The van der Waals surface area contributed by atoms with E-state index in [2.05, 4.69) is 21.0 Å². The molecule has 7 nitrogen and oxygen atoms in total. The number of aromatic nitrogens is 2. The van der Waals surface area contributed by atoms with Crippen LogP contribution in [0.4, 0.5) is 4.39 Å². The lowest BCUT2D eigenvalue weighted by atomic mass is 10.1. The molecule has 9 heteroatoms. The minimum Gasteiger partial charge on any atom is -0.497 e. The number of nitrogens with one attached hydrogen (secondary N) is 3. The Labute approximate surface area is 164 Å². The molecule has 0 fully saturated rings. The van der Waals surface area contributed by atoms with E-state index >= 15 is 0 Å². The summed E-state index contributed by atoms with van der Waals surface area (Å²) < 4.78 is 18.8. The number of nitrogens with zero attached hydrogens (tertiary/aromatic N) is 1. The number of hydrogen-bond acceptors (Lipinski definition) is 4. The zero-order valence-corrected chi connectivity index (χ0v) is 15.5. The highest BCUT2D eigenvalue weighted by Crippen LogP contribution is 2.21. The van der Waals surface area contributed by atoms with Crippen molar-refractivity contribution in [3.05, 3.63) is 70.6 Å². The molecule has 1 heterocycles. The van der Waals surface area contributed by atoms with Crippen molar-refractivity contribution in [1.82, 2.24) is 21.0 Å². The maximum absolute atomic E-state index is 13.7. The van der Waals surface area contributed by atoms with E-state index in [0.29, 0.717) is 11.4 Å². The van der Waals surface area contributed by atoms with Gasteiger partial charge in [-0.3, -0.25) is 25.5 Å². The molecule has 3 aromatic rings. The molecule has 0 atom stereocenters. The molecule has 2 aromatic carbocycles. The van der Waals surface area contributed by atoms with Crippen LogP contribution in [0.5, 0.6) is 5.75 Å². The summed E-state index contributed by atoms with van der Waals surface area (Å²) in [6.07, 6.45) is -0.314. The van der Waals surface area contributed by atoms with Crippen molar-refractivity contribution in [2.24, 2.45) is 0 Å². The predicted molar refractivity (Wildman–Crippen MR) is 101 cm³/mol. The van der Waals surface area contributed by atoms with Gasteiger partial charge in [0.2, 0.25) is 5.91 Å². The molecule has 0 saturated heterocycles. The second-order valence-electron chi connectivity index (χ2n) is 5.77. The van der Waals surface area contributed by atoms with E-state index in [4.69, 9.17) is 16.3 Å². The summed E-state index contributed by atoms with van der Waals surface area (Å²) in [7, 11) is 1.57. The van der Waals surface area contributed by atoms with Crippen molar-refractivity contribution in [2.75, 3.05) is 7.11 Å². The number of H-pyrrole nitrogens is 1. The highest BCUT2D eigenvalue weighted by atomic mass is 35.5. The molecule has 0 radical (unpaired) electrons. The van der Waals surface area contributed by atoms with Gasteiger partial charge in [-0.05, 0) is 42.5 Å². The first-order valence-corrected chi connectivity index (χ1v) is 8.57. The lowest BCUT2D eigenvalue weighted by Gasteiger charge is -2.08. The van der Waals surface area contributed by atoms with Crippen LogP contribution >= 0.6 is 11.6 Å². The number of halogens is 2. The van der Waals surface area contributed by atoms with E-state index in [9.17, 15) is 14.0 Å². The smallest absolute Gasteiger partial charge is 0.287 e. The first kappa shape index (κ1) is 19.4. The Balaban J connectivity index is 1.59. The number of ether oxygens (including phenoxy) is 1. The lowest BCUT2D eigenvalue weighted by Crippen LogP contribution is -2.42. The van der Waals surface area contributed by atoms with E-state index < -0.39 is 17.6 Å². The van der Waals surface area contributed by atoms with Gasteiger partial charge in [0.15, 0.2) is 0 Å². The number of hydrogen-bond donors (Lipinski definition) is 3. The summed E-state index contributed by atoms with van der Waals surface area (Å²) in [4.78, 5) is 24.1. The van der Waals surface area contributed by atoms with Crippen LogP contribution < -0.4 is 15.6 Å². The monoisotopic (exact) mass is 402 g/mol. The highest BCUT2D eigenvalue weighted by molar-refractivity contribution is 6.31. The Hall–Kier alpha value is -3.39. The summed E-state index contributed by atoms with van der Waals surface area (Å²) in [5.74, 6) is -1.10. The van der Waals surface area contributed by atoms with Gasteiger partial charge in [0.1, 0.15) is 17.3 Å². The molecule has 0 unspecified atom stereocenters. The average molecular weight is 403 g/mol. The lowest BCUT2D eigenvalue weighted by molar-refractivity contribution is -0.121. The molecule has 2 amide bonds. The zero-order chi connectivity index (χ0) is 20.1. The van der Waals surface area contributed by atoms with Gasteiger partial charge in [0, 0.05) is 16.1 Å². The largest absolute Gasteiger partial charge is 0.497 e. The summed E-state index contributed by atoms with van der Waals surface area (Å²) in [5, 5.41) is 6.81. The second-order valence-corrected chi connectivity index (χ2v) is 6.18. The fourth-order valence-corrected chi connectivity index (χ4v) is 2.68. The third-order valence-electron chi connectivity index (χ3n) is 3.92. The van der Waals surface area contributed by atoms with E-state index in [-0.39, 0.29) is 22.7 Å². The third-order valence-corrected chi connectivity index (χ3v) is 4.28. The van der Waals surface area contributed by atoms with Gasteiger partial charge in [-0.15, -0.1) is 0 Å². The molecule has 0 saturated carbocycles. The van der Waals surface area contributed by atoms with E-state index in [0.717, 1.165) is 5.56 Å². The Bertz CT molecular complexity index is 984. The summed E-state index contributed by atoms with van der Waals surface area (Å²) in [6.45, 7) is 0. The van der Waals surface area contributed by atoms with Crippen molar-refractivity contribution in [3.63, 3.8) is 0 Å². The van der Waals surface area contributed by atoms with Crippen molar-refractivity contribution in [3.8, 4) is 17.0 Å². The standard InChI is InChI=1S/C19H16ClFN4O3/c1-28-12-7-5-11(6-8-12)16-10-17(23-22-16)19(27)25-24-18(26)9-13-14(20)3-2-4-15(13)21/h2-8,10H,9H2,1H3,(H,22,23)(H,24,26)(H,25,27). The van der Waals surface area contributed by atoms with Crippen molar-refractivity contribution >= 4 is 23.4 Å². The summed E-state index contributed by atoms with van der Waals surface area (Å²) >= 11 is 5.88. The number of amides is 2. The molecule has 0 aliphatic carbocycles. The number of benzene rings is 2. The Morgan fingerprint density at radius 3 is 2.61 bits per heavy atom. The Morgan fingerprint density at radius 1 is 1.18 bits per heavy atom. The van der Waals surface area contributed by atoms with Crippen molar-refractivity contribution < 1.29 is 18.7 Å². The Morgan fingerprint density at radius 2 is 1.93 bits per heavy atom. The molecule has 144 valence electrons. The first-order chi connectivity index (χ1) is 13.5. The van der Waals surface area contributed by atoms with Crippen LogP contribution in [0.25, 0.3) is 11.3 Å². The van der Waals surface area contributed by atoms with Gasteiger partial charge in [0.25, 0.3) is 5.91 Å². The van der Waals surface area contributed by atoms with Crippen LogP contribution in [0.15, 0.2) is 48.5 Å². The van der Waals surface area contributed by atoms with Crippen LogP contribution in [0.3, 0.4) is 0 Å². The van der Waals surface area contributed by atoms with Gasteiger partial charge < -0.3 is 4.74 Å². The fourth-order valence-electron chi connectivity index (χ4n) is 2.45. The van der Waals surface area contributed by atoms with Crippen LogP contribution in [0.2, 0.25) is 5.02 Å². The number of carbonyl (C=O) groups excluding carboxylic acids is 2. The quantitative estimate of drug-likeness (QED) is 0.572. The average Bonchev–Trinajstić information content (AvgIpc) is 3.19. The van der Waals surface area contributed by atoms with Crippen molar-refractivity contribution in [2.45, 2.75) is 6.42 Å². The van der Waals surface area contributed by atoms with Crippen LogP contribution in [-0.2, 0) is 11.2 Å². The molecule has 0 bridgehead atoms. The van der Waals surface area contributed by atoms with Crippen LogP contribution in [-0.4, -0.2) is 29.1 Å². The fraction of sp³-hybridized carbons (Fsp3) is 0.105. The maximum atomic E-state index is 13.7. The van der Waals surface area contributed by atoms with Gasteiger partial charge >= 0.3 is 0 Å². The molecule has 28 heavy (non-hydrogen) atoms. The topological polar surface area (TPSA) is 96.1 Å². The molecule has 3 N–H and O–H groups in total. The van der Waals surface area contributed by atoms with Crippen LogP contribution in [0, 0.1) is 5.82 Å². The first-order valence-electron chi connectivity index (χ1n) is 8.20. The highest BCUT2D eigenvalue weighted by Gasteiger charge is 2.15. The van der Waals surface area contributed by atoms with Crippen LogP contribution in [0.1, 0.15) is 16.1 Å². The van der Waals surface area contributed by atoms with E-state index in [1.54, 1.807) is 31.4 Å². The van der Waals surface area contributed by atoms with E-state index in [1.807, 2.05) is 0 Å². The SMILES string of the molecule is COc1ccc(-c2cc(C(=O)NNC(=O)Cc3c(F)cccc3Cl)[nH]n2)cc1. The molecule has 0 spiro atoms. The second kappa shape index (κ2) is 8.53. The molecule has 0 aliphatic rings. The number of hydrazine groups is 1. The van der Waals surface area contributed by atoms with E-state index in [1.165, 1.54) is 24.3 Å². The maximum Gasteiger partial charge on any atom is 0.287 e. The van der Waals surface area contributed by atoms with Gasteiger partial charge in [0.05, 0.1) is 19.2 Å². The minimum atomic E-state index is -0.616. The number of rotatable bonds is 5. The normalized spacial score (nSPS) is 10.4. The predicted octanol–water partition coefficient (Wildman–Crippen LogP) is 2.88. The molecular weight excluding hydrogens is 387 g/mol. The molecule has 0 aliphatic heterocycles. The van der Waals surface area contributed by atoms with Crippen molar-refractivity contribution in [1.29, 1.82) is 0 Å². The number of aromatic amines is 1.